The largest absolute Gasteiger partial charge is 0.496 e. The number of aromatic nitrogens is 2. The van der Waals surface area contributed by atoms with Gasteiger partial charge in [0.25, 0.3) is 0 Å². The van der Waals surface area contributed by atoms with Crippen LogP contribution in [-0.4, -0.2) is 48.4 Å². The normalized spacial score (nSPS) is 10.7. The van der Waals surface area contributed by atoms with Gasteiger partial charge in [0.15, 0.2) is 0 Å². The van der Waals surface area contributed by atoms with Crippen molar-refractivity contribution in [3.05, 3.63) is 72.1 Å². The third-order valence-corrected chi connectivity index (χ3v) is 5.69. The predicted octanol–water partition coefficient (Wildman–Crippen LogP) is 5.07. The monoisotopic (exact) mass is 473 g/mol. The Morgan fingerprint density at radius 3 is 2.51 bits per heavy atom. The third-order valence-electron chi connectivity index (χ3n) is 5.69. The minimum absolute atomic E-state index is 0.115. The van der Waals surface area contributed by atoms with Gasteiger partial charge in [-0.2, -0.15) is 0 Å². The van der Waals surface area contributed by atoms with Crippen LogP contribution in [0.3, 0.4) is 0 Å². The van der Waals surface area contributed by atoms with Crippen LogP contribution in [0.5, 0.6) is 17.2 Å². The van der Waals surface area contributed by atoms with Crippen molar-refractivity contribution in [2.45, 2.75) is 13.3 Å². The molecule has 180 valence electrons. The summed E-state index contributed by atoms with van der Waals surface area (Å²) >= 11 is 0. The van der Waals surface area contributed by atoms with Crippen molar-refractivity contribution < 1.29 is 24.1 Å². The van der Waals surface area contributed by atoms with Gasteiger partial charge in [-0.15, -0.1) is 0 Å². The number of carbonyl (C=O) groups is 1. The van der Waals surface area contributed by atoms with Crippen LogP contribution in [-0.2, 0) is 6.42 Å². The first-order chi connectivity index (χ1) is 17.0. The summed E-state index contributed by atoms with van der Waals surface area (Å²) in [5.74, 6) is 1.57. The Morgan fingerprint density at radius 2 is 1.77 bits per heavy atom. The molecule has 8 nitrogen and oxygen atoms in total. The molecule has 1 heterocycles. The summed E-state index contributed by atoms with van der Waals surface area (Å²) in [5, 5.41) is 14.9. The summed E-state index contributed by atoms with van der Waals surface area (Å²) in [4.78, 5) is 20.2. The minimum atomic E-state index is -1.04. The average Bonchev–Trinajstić information content (AvgIpc) is 2.88. The number of carboxylic acids is 1. The molecule has 4 aromatic rings. The topological polar surface area (TPSA) is 103 Å². The molecule has 0 radical (unpaired) electrons. The molecule has 0 saturated carbocycles. The highest BCUT2D eigenvalue weighted by molar-refractivity contribution is 5.93. The van der Waals surface area contributed by atoms with Crippen LogP contribution >= 0.6 is 0 Å². The summed E-state index contributed by atoms with van der Waals surface area (Å²) in [6.07, 6.45) is 2.18. The zero-order valence-electron chi connectivity index (χ0n) is 19.9. The van der Waals surface area contributed by atoms with E-state index in [2.05, 4.69) is 21.4 Å². The molecule has 0 fully saturated rings. The van der Waals surface area contributed by atoms with E-state index in [-0.39, 0.29) is 5.56 Å². The van der Waals surface area contributed by atoms with E-state index in [9.17, 15) is 9.90 Å². The zero-order chi connectivity index (χ0) is 24.8. The predicted molar refractivity (Wildman–Crippen MR) is 135 cm³/mol. The number of benzene rings is 3. The van der Waals surface area contributed by atoms with Gasteiger partial charge in [0.1, 0.15) is 35.0 Å². The van der Waals surface area contributed by atoms with E-state index in [1.165, 1.54) is 12.4 Å². The molecule has 0 unspecified atom stereocenters. The third kappa shape index (κ3) is 5.11. The molecule has 2 N–H and O–H groups in total. The first kappa shape index (κ1) is 23.8. The van der Waals surface area contributed by atoms with Crippen LogP contribution in [0.1, 0.15) is 22.8 Å². The van der Waals surface area contributed by atoms with Crippen LogP contribution in [0, 0.1) is 0 Å². The van der Waals surface area contributed by atoms with Gasteiger partial charge in [-0.25, -0.2) is 14.8 Å². The molecule has 35 heavy (non-hydrogen) atoms. The Balaban J connectivity index is 1.55. The highest BCUT2D eigenvalue weighted by Gasteiger charge is 2.14. The van der Waals surface area contributed by atoms with Crippen LogP contribution in [0.15, 0.2) is 60.9 Å². The fourth-order valence-corrected chi connectivity index (χ4v) is 4.06. The van der Waals surface area contributed by atoms with Crippen molar-refractivity contribution in [1.82, 2.24) is 9.97 Å². The standard InChI is InChI=1S/C27H27N3O5/c1-4-35-25-14-17(8-9-21(25)27(31)32)22-15-26(30-16-29-22)28-13-12-20-18-6-5-7-23(33-2)19(18)10-11-24(20)34-3/h5-11,14-16H,4,12-13H2,1-3H3,(H,31,32)(H,28,29,30). The number of fused-ring (bicyclic) bond motifs is 1. The van der Waals surface area contributed by atoms with Crippen molar-refractivity contribution in [3.8, 4) is 28.5 Å². The molecular formula is C27H27N3O5. The van der Waals surface area contributed by atoms with Gasteiger partial charge in [0, 0.05) is 29.1 Å². The van der Waals surface area contributed by atoms with Crippen molar-refractivity contribution in [3.63, 3.8) is 0 Å². The smallest absolute Gasteiger partial charge is 0.339 e. The second-order valence-corrected chi connectivity index (χ2v) is 7.72. The lowest BCUT2D eigenvalue weighted by molar-refractivity contribution is 0.0692. The highest BCUT2D eigenvalue weighted by atomic mass is 16.5. The fourth-order valence-electron chi connectivity index (χ4n) is 4.06. The number of aromatic carboxylic acids is 1. The molecule has 0 aliphatic carbocycles. The Hall–Kier alpha value is -4.33. The maximum atomic E-state index is 11.5. The molecule has 0 bridgehead atoms. The van der Waals surface area contributed by atoms with Crippen LogP contribution in [0.25, 0.3) is 22.0 Å². The molecule has 3 aromatic carbocycles. The molecular weight excluding hydrogens is 446 g/mol. The van der Waals surface area contributed by atoms with E-state index in [1.807, 2.05) is 37.3 Å². The number of nitrogens with zero attached hydrogens (tertiary/aromatic N) is 2. The SMILES string of the molecule is CCOc1cc(-c2cc(NCCc3c(OC)ccc4c(OC)cccc34)ncn2)ccc1C(=O)O. The second kappa shape index (κ2) is 10.7. The molecule has 0 aliphatic rings. The molecule has 0 atom stereocenters. The van der Waals surface area contributed by atoms with E-state index in [0.29, 0.717) is 36.8 Å². The molecule has 0 amide bonds. The molecule has 8 heteroatoms. The summed E-state index contributed by atoms with van der Waals surface area (Å²) in [5.41, 5.74) is 2.60. The Bertz CT molecular complexity index is 1360. The van der Waals surface area contributed by atoms with E-state index < -0.39 is 5.97 Å². The average molecular weight is 474 g/mol. The zero-order valence-corrected chi connectivity index (χ0v) is 19.9. The Morgan fingerprint density at radius 1 is 0.943 bits per heavy atom. The molecule has 4 rings (SSSR count). The van der Waals surface area contributed by atoms with Gasteiger partial charge in [-0.1, -0.05) is 18.2 Å². The summed E-state index contributed by atoms with van der Waals surface area (Å²) < 4.78 is 16.6. The number of methoxy groups -OCH3 is 2. The van der Waals surface area contributed by atoms with E-state index in [0.717, 1.165) is 33.4 Å². The lowest BCUT2D eigenvalue weighted by atomic mass is 10.00. The Labute approximate surface area is 203 Å². The second-order valence-electron chi connectivity index (χ2n) is 7.72. The number of ether oxygens (including phenoxy) is 3. The van der Waals surface area contributed by atoms with Crippen molar-refractivity contribution in [1.29, 1.82) is 0 Å². The number of nitrogens with one attached hydrogen (secondary N) is 1. The maximum absolute atomic E-state index is 11.5. The van der Waals surface area contributed by atoms with E-state index in [1.54, 1.807) is 26.4 Å². The van der Waals surface area contributed by atoms with Crippen molar-refractivity contribution in [2.24, 2.45) is 0 Å². The molecule has 1 aromatic heterocycles. The van der Waals surface area contributed by atoms with Crippen LogP contribution < -0.4 is 19.5 Å². The van der Waals surface area contributed by atoms with Gasteiger partial charge in [0.05, 0.1) is 26.5 Å². The number of hydrogen-bond acceptors (Lipinski definition) is 7. The van der Waals surface area contributed by atoms with Gasteiger partial charge in [0.2, 0.25) is 0 Å². The van der Waals surface area contributed by atoms with Crippen molar-refractivity contribution in [2.75, 3.05) is 32.7 Å². The number of carboxylic acid groups (broad SMARTS) is 1. The first-order valence-corrected chi connectivity index (χ1v) is 11.2. The van der Waals surface area contributed by atoms with Gasteiger partial charge >= 0.3 is 5.97 Å². The highest BCUT2D eigenvalue weighted by Crippen LogP contribution is 2.34. The number of hydrogen-bond donors (Lipinski definition) is 2. The lowest BCUT2D eigenvalue weighted by Gasteiger charge is -2.15. The summed E-state index contributed by atoms with van der Waals surface area (Å²) in [7, 11) is 3.33. The molecule has 0 saturated heterocycles. The fraction of sp³-hybridized carbons (Fsp3) is 0.222. The molecule has 0 spiro atoms. The maximum Gasteiger partial charge on any atom is 0.339 e. The van der Waals surface area contributed by atoms with Crippen LogP contribution in [0.4, 0.5) is 5.82 Å². The van der Waals surface area contributed by atoms with Crippen LogP contribution in [0.2, 0.25) is 0 Å². The van der Waals surface area contributed by atoms with E-state index in [4.69, 9.17) is 14.2 Å². The van der Waals surface area contributed by atoms with Gasteiger partial charge < -0.3 is 24.6 Å². The van der Waals surface area contributed by atoms with Crippen molar-refractivity contribution >= 4 is 22.6 Å². The van der Waals surface area contributed by atoms with Gasteiger partial charge in [-0.05, 0) is 49.1 Å². The lowest BCUT2D eigenvalue weighted by Crippen LogP contribution is -2.08. The van der Waals surface area contributed by atoms with E-state index >= 15 is 0 Å². The number of rotatable bonds is 10. The summed E-state index contributed by atoms with van der Waals surface area (Å²) in [6.45, 7) is 2.79. The molecule has 0 aliphatic heterocycles. The van der Waals surface area contributed by atoms with Gasteiger partial charge in [-0.3, -0.25) is 0 Å². The number of anilines is 1. The minimum Gasteiger partial charge on any atom is -0.496 e. The quantitative estimate of drug-likeness (QED) is 0.329. The summed E-state index contributed by atoms with van der Waals surface area (Å²) in [6, 6.07) is 16.7. The Kier molecular flexibility index (Phi) is 7.30. The first-order valence-electron chi connectivity index (χ1n) is 11.2.